The maximum absolute atomic E-state index is 14.3. The second-order valence-electron chi connectivity index (χ2n) is 10.6. The van der Waals surface area contributed by atoms with E-state index >= 15 is 0 Å². The second-order valence-corrected chi connectivity index (χ2v) is 10.6. The molecule has 41 heavy (non-hydrogen) atoms. The third-order valence-corrected chi connectivity index (χ3v) is 7.65. The maximum Gasteiger partial charge on any atom is 0.416 e. The van der Waals surface area contributed by atoms with Crippen LogP contribution in [0, 0.1) is 17.6 Å². The Balaban J connectivity index is 1.50. The number of benzene rings is 2. The zero-order valence-electron chi connectivity index (χ0n) is 22.6. The largest absolute Gasteiger partial charge is 0.416 e. The second kappa shape index (κ2) is 11.1. The van der Waals surface area contributed by atoms with Crippen LogP contribution in [-0.4, -0.2) is 70.2 Å². The van der Waals surface area contributed by atoms with Crippen molar-refractivity contribution in [1.82, 2.24) is 20.0 Å². The number of hydrogen-bond acceptors (Lipinski definition) is 4. The summed E-state index contributed by atoms with van der Waals surface area (Å²) < 4.78 is 67.0. The zero-order valence-corrected chi connectivity index (χ0v) is 22.6. The van der Waals surface area contributed by atoms with Gasteiger partial charge in [0.2, 0.25) is 5.91 Å². The Labute approximate surface area is 233 Å². The lowest BCUT2D eigenvalue weighted by Gasteiger charge is -2.43. The van der Waals surface area contributed by atoms with Crippen LogP contribution < -0.4 is 5.32 Å². The number of hydrogen-bond donors (Lipinski definition) is 1. The van der Waals surface area contributed by atoms with E-state index in [1.165, 1.54) is 41.1 Å². The molecule has 2 aromatic carbocycles. The van der Waals surface area contributed by atoms with Gasteiger partial charge in [0.15, 0.2) is 0 Å². The van der Waals surface area contributed by atoms with Gasteiger partial charge in [-0.05, 0) is 54.7 Å². The van der Waals surface area contributed by atoms with Crippen molar-refractivity contribution in [1.29, 1.82) is 0 Å². The highest BCUT2D eigenvalue weighted by molar-refractivity contribution is 6.07. The SMILES string of the molecule is CC(C)[C@@H](NC(=O)c1cc(C(F)(F)F)ccc1F)C(=O)N1CCC2(CC1)C(=O)N(C)C(=O)N2Cc1ccc(F)cc1. The van der Waals surface area contributed by atoms with Gasteiger partial charge in [-0.15, -0.1) is 0 Å². The topological polar surface area (TPSA) is 90.0 Å². The summed E-state index contributed by atoms with van der Waals surface area (Å²) in [4.78, 5) is 56.3. The summed E-state index contributed by atoms with van der Waals surface area (Å²) in [5.41, 5.74) is -2.66. The van der Waals surface area contributed by atoms with Gasteiger partial charge in [-0.1, -0.05) is 26.0 Å². The summed E-state index contributed by atoms with van der Waals surface area (Å²) in [5, 5.41) is 2.37. The van der Waals surface area contributed by atoms with Gasteiger partial charge in [-0.2, -0.15) is 13.2 Å². The number of likely N-dealkylation sites (N-methyl/N-ethyl adjacent to an activating group) is 1. The Morgan fingerprint density at radius 2 is 1.61 bits per heavy atom. The standard InChI is InChI=1S/C28H29F5N4O4/c1-16(2)22(34-23(38)20-14-18(28(31,32)33)6-9-21(20)30)24(39)36-12-10-27(11-13-36)25(40)35(3)26(41)37(27)15-17-4-7-19(29)8-5-17/h4-9,14,16,22H,10-13,15H2,1-3H3,(H,34,38)/t22-/m1/s1. The van der Waals surface area contributed by atoms with E-state index in [2.05, 4.69) is 5.32 Å². The molecular weight excluding hydrogens is 551 g/mol. The number of nitrogens with one attached hydrogen (secondary N) is 1. The summed E-state index contributed by atoms with van der Waals surface area (Å²) in [6.07, 6.45) is -4.61. The minimum Gasteiger partial charge on any atom is -0.341 e. The maximum atomic E-state index is 14.3. The predicted octanol–water partition coefficient (Wildman–Crippen LogP) is 4.19. The fourth-order valence-electron chi connectivity index (χ4n) is 5.26. The van der Waals surface area contributed by atoms with Crippen molar-refractivity contribution >= 4 is 23.8 Å². The Morgan fingerprint density at radius 3 is 2.17 bits per heavy atom. The summed E-state index contributed by atoms with van der Waals surface area (Å²) >= 11 is 0. The Kier molecular flexibility index (Phi) is 8.10. The van der Waals surface area contributed by atoms with Gasteiger partial charge in [-0.3, -0.25) is 19.3 Å². The summed E-state index contributed by atoms with van der Waals surface area (Å²) in [6, 6.07) is 5.28. The number of nitrogens with zero attached hydrogens (tertiary/aromatic N) is 3. The molecular formula is C28H29F5N4O4. The fourth-order valence-corrected chi connectivity index (χ4v) is 5.26. The molecule has 2 saturated heterocycles. The first-order chi connectivity index (χ1) is 19.2. The van der Waals surface area contributed by atoms with Crippen LogP contribution in [0.15, 0.2) is 42.5 Å². The summed E-state index contributed by atoms with van der Waals surface area (Å²) in [7, 11) is 1.37. The summed E-state index contributed by atoms with van der Waals surface area (Å²) in [5.74, 6) is -4.26. The molecule has 13 heteroatoms. The number of urea groups is 1. The lowest BCUT2D eigenvalue weighted by Crippen LogP contribution is -2.60. The van der Waals surface area contributed by atoms with E-state index in [-0.39, 0.29) is 32.5 Å². The van der Waals surface area contributed by atoms with Crippen molar-refractivity contribution in [3.05, 3.63) is 70.8 Å². The number of amides is 5. The lowest BCUT2D eigenvalue weighted by molar-refractivity contribution is -0.142. The Hall–Kier alpha value is -4.03. The van der Waals surface area contributed by atoms with Crippen molar-refractivity contribution in [3.63, 3.8) is 0 Å². The van der Waals surface area contributed by atoms with E-state index in [1.54, 1.807) is 13.8 Å². The molecule has 2 aromatic rings. The Bertz CT molecular complexity index is 1350. The number of rotatable bonds is 6. The number of carbonyl (C=O) groups is 4. The van der Waals surface area contributed by atoms with Crippen LogP contribution in [0.25, 0.3) is 0 Å². The molecule has 1 spiro atoms. The Morgan fingerprint density at radius 1 is 1.00 bits per heavy atom. The molecule has 2 aliphatic heterocycles. The molecule has 8 nitrogen and oxygen atoms in total. The van der Waals surface area contributed by atoms with E-state index in [4.69, 9.17) is 0 Å². The normalized spacial score (nSPS) is 17.9. The molecule has 220 valence electrons. The van der Waals surface area contributed by atoms with E-state index in [9.17, 15) is 41.1 Å². The van der Waals surface area contributed by atoms with Crippen molar-refractivity contribution in [2.24, 2.45) is 5.92 Å². The van der Waals surface area contributed by atoms with Gasteiger partial charge in [0, 0.05) is 26.7 Å². The predicted molar refractivity (Wildman–Crippen MR) is 136 cm³/mol. The van der Waals surface area contributed by atoms with Crippen LogP contribution in [0.4, 0.5) is 26.7 Å². The van der Waals surface area contributed by atoms with E-state index in [0.717, 1.165) is 4.90 Å². The zero-order chi connectivity index (χ0) is 30.3. The minimum atomic E-state index is -4.79. The van der Waals surface area contributed by atoms with Gasteiger partial charge in [0.05, 0.1) is 11.1 Å². The first-order valence-electron chi connectivity index (χ1n) is 13.0. The minimum absolute atomic E-state index is 0.0443. The molecule has 1 N–H and O–H groups in total. The third-order valence-electron chi connectivity index (χ3n) is 7.65. The quantitative estimate of drug-likeness (QED) is 0.410. The molecule has 2 heterocycles. The van der Waals surface area contributed by atoms with Crippen LogP contribution in [0.5, 0.6) is 0 Å². The highest BCUT2D eigenvalue weighted by Crippen LogP contribution is 2.38. The van der Waals surface area contributed by atoms with Crippen LogP contribution in [-0.2, 0) is 22.3 Å². The van der Waals surface area contributed by atoms with E-state index in [0.29, 0.717) is 23.8 Å². The number of halogens is 5. The van der Waals surface area contributed by atoms with E-state index < -0.39 is 70.2 Å². The molecule has 5 amide bonds. The smallest absolute Gasteiger partial charge is 0.341 e. The average Bonchev–Trinajstić information content (AvgIpc) is 3.08. The van der Waals surface area contributed by atoms with Crippen molar-refractivity contribution in [3.8, 4) is 0 Å². The van der Waals surface area contributed by atoms with E-state index in [1.807, 2.05) is 0 Å². The van der Waals surface area contributed by atoms with Gasteiger partial charge in [0.25, 0.3) is 11.8 Å². The van der Waals surface area contributed by atoms with Crippen molar-refractivity contribution < 1.29 is 41.1 Å². The summed E-state index contributed by atoms with van der Waals surface area (Å²) in [6.45, 7) is 3.38. The molecule has 2 fully saturated rings. The molecule has 2 aliphatic rings. The highest BCUT2D eigenvalue weighted by Gasteiger charge is 2.57. The van der Waals surface area contributed by atoms with Crippen molar-refractivity contribution in [2.45, 2.75) is 51.0 Å². The van der Waals surface area contributed by atoms with Crippen LogP contribution in [0.1, 0.15) is 48.2 Å². The molecule has 0 aromatic heterocycles. The molecule has 4 rings (SSSR count). The van der Waals surface area contributed by atoms with Crippen LogP contribution >= 0.6 is 0 Å². The average molecular weight is 581 g/mol. The highest BCUT2D eigenvalue weighted by atomic mass is 19.4. The lowest BCUT2D eigenvalue weighted by atomic mass is 9.85. The van der Waals surface area contributed by atoms with Crippen molar-refractivity contribution in [2.75, 3.05) is 20.1 Å². The van der Waals surface area contributed by atoms with Gasteiger partial charge >= 0.3 is 12.2 Å². The van der Waals surface area contributed by atoms with Crippen LogP contribution in [0.3, 0.4) is 0 Å². The van der Waals surface area contributed by atoms with Gasteiger partial charge in [-0.25, -0.2) is 13.6 Å². The molecule has 0 saturated carbocycles. The third kappa shape index (κ3) is 5.75. The first-order valence-corrected chi connectivity index (χ1v) is 13.0. The van der Waals surface area contributed by atoms with Gasteiger partial charge < -0.3 is 15.1 Å². The molecule has 1 atom stereocenters. The number of piperidine rings is 1. The number of carbonyl (C=O) groups excluding carboxylic acids is 4. The fraction of sp³-hybridized carbons (Fsp3) is 0.429. The number of likely N-dealkylation sites (tertiary alicyclic amines) is 1. The monoisotopic (exact) mass is 580 g/mol. The first kappa shape index (κ1) is 29.9. The molecule has 0 radical (unpaired) electrons. The molecule has 0 unspecified atom stereocenters. The molecule has 0 aliphatic carbocycles. The number of alkyl halides is 3. The molecule has 0 bridgehead atoms. The van der Waals surface area contributed by atoms with Gasteiger partial charge in [0.1, 0.15) is 23.2 Å². The van der Waals surface area contributed by atoms with Crippen LogP contribution in [0.2, 0.25) is 0 Å². The number of imide groups is 1.